The summed E-state index contributed by atoms with van der Waals surface area (Å²) in [5.41, 5.74) is 2.56. The molecule has 0 bridgehead atoms. The highest BCUT2D eigenvalue weighted by molar-refractivity contribution is 5.72. The molecule has 0 N–H and O–H groups in total. The summed E-state index contributed by atoms with van der Waals surface area (Å²) in [6.07, 6.45) is 3.27. The zero-order valence-electron chi connectivity index (χ0n) is 15.6. The average Bonchev–Trinajstić information content (AvgIpc) is 3.10. The Bertz CT molecular complexity index is 1280. The molecule has 140 valence electrons. The first kappa shape index (κ1) is 17.7. The first-order valence-electron chi connectivity index (χ1n) is 9.02. The van der Waals surface area contributed by atoms with Crippen LogP contribution in [0.2, 0.25) is 0 Å². The quantitative estimate of drug-likeness (QED) is 0.506. The van der Waals surface area contributed by atoms with Crippen LogP contribution in [-0.4, -0.2) is 18.7 Å². The van der Waals surface area contributed by atoms with Crippen LogP contribution in [0.4, 0.5) is 0 Å². The molecule has 0 spiro atoms. The smallest absolute Gasteiger partial charge is 0.321 e. The lowest BCUT2D eigenvalue weighted by molar-refractivity contribution is 0.678. The van der Waals surface area contributed by atoms with E-state index in [9.17, 15) is 9.59 Å². The number of nitrogens with zero attached hydrogens (tertiary/aromatic N) is 4. The summed E-state index contributed by atoms with van der Waals surface area (Å²) in [7, 11) is 0. The number of imidazole rings is 1. The zero-order valence-corrected chi connectivity index (χ0v) is 15.6. The van der Waals surface area contributed by atoms with Crippen molar-refractivity contribution in [2.75, 3.05) is 0 Å². The Morgan fingerprint density at radius 1 is 1.07 bits per heavy atom. The minimum atomic E-state index is -0.407. The molecule has 4 rings (SSSR count). The van der Waals surface area contributed by atoms with Gasteiger partial charge in [-0.3, -0.25) is 9.36 Å². The van der Waals surface area contributed by atoms with Gasteiger partial charge in [0.2, 0.25) is 0 Å². The van der Waals surface area contributed by atoms with Crippen LogP contribution in [-0.2, 0) is 13.1 Å². The number of rotatable bonds is 5. The molecule has 0 aliphatic carbocycles. The molecular weight excluding hydrogens is 352 g/mol. The number of aromatic nitrogens is 4. The van der Waals surface area contributed by atoms with E-state index in [1.54, 1.807) is 17.0 Å². The molecule has 0 amide bonds. The van der Waals surface area contributed by atoms with Crippen LogP contribution in [0, 0.1) is 6.92 Å². The van der Waals surface area contributed by atoms with E-state index in [1.165, 1.54) is 9.13 Å². The molecule has 0 atom stereocenters. The van der Waals surface area contributed by atoms with Gasteiger partial charge in [0.25, 0.3) is 5.56 Å². The molecule has 0 fully saturated rings. The predicted molar refractivity (Wildman–Crippen MR) is 110 cm³/mol. The first-order valence-corrected chi connectivity index (χ1v) is 9.02. The lowest BCUT2D eigenvalue weighted by Crippen LogP contribution is -2.40. The van der Waals surface area contributed by atoms with Gasteiger partial charge < -0.3 is 4.57 Å². The van der Waals surface area contributed by atoms with Gasteiger partial charge in [-0.05, 0) is 30.2 Å². The maximum atomic E-state index is 13.3. The summed E-state index contributed by atoms with van der Waals surface area (Å²) >= 11 is 0. The SMILES string of the molecule is C=CCn1cnc2c1c(=O)n(Cc1ccccc1)c(=O)n2-c1cccc(C)c1. The summed E-state index contributed by atoms with van der Waals surface area (Å²) in [6, 6.07) is 17.1. The maximum Gasteiger partial charge on any atom is 0.337 e. The van der Waals surface area contributed by atoms with E-state index in [-0.39, 0.29) is 12.1 Å². The van der Waals surface area contributed by atoms with Crippen LogP contribution in [0.25, 0.3) is 16.9 Å². The van der Waals surface area contributed by atoms with Crippen LogP contribution in [0.1, 0.15) is 11.1 Å². The van der Waals surface area contributed by atoms with Crippen LogP contribution in [0.3, 0.4) is 0 Å². The third kappa shape index (κ3) is 2.99. The third-order valence-corrected chi connectivity index (χ3v) is 4.67. The van der Waals surface area contributed by atoms with Gasteiger partial charge in [-0.15, -0.1) is 6.58 Å². The van der Waals surface area contributed by atoms with Gasteiger partial charge in [-0.25, -0.2) is 14.3 Å². The number of fused-ring (bicyclic) bond motifs is 1. The van der Waals surface area contributed by atoms with Gasteiger partial charge in [-0.2, -0.15) is 0 Å². The molecule has 6 heteroatoms. The van der Waals surface area contributed by atoms with Crippen LogP contribution in [0.5, 0.6) is 0 Å². The van der Waals surface area contributed by atoms with Crippen molar-refractivity contribution in [3.05, 3.63) is 106 Å². The lowest BCUT2D eigenvalue weighted by Gasteiger charge is -2.13. The predicted octanol–water partition coefficient (Wildman–Crippen LogP) is 2.89. The number of allylic oxidation sites excluding steroid dienone is 1. The van der Waals surface area contributed by atoms with E-state index in [0.717, 1.165) is 11.1 Å². The largest absolute Gasteiger partial charge is 0.337 e. The minimum absolute atomic E-state index is 0.194. The fourth-order valence-corrected chi connectivity index (χ4v) is 3.36. The van der Waals surface area contributed by atoms with Crippen LogP contribution in [0.15, 0.2) is 83.2 Å². The maximum absolute atomic E-state index is 13.3. The summed E-state index contributed by atoms with van der Waals surface area (Å²) in [5, 5.41) is 0. The van der Waals surface area contributed by atoms with Crippen molar-refractivity contribution in [3.63, 3.8) is 0 Å². The summed E-state index contributed by atoms with van der Waals surface area (Å²) in [4.78, 5) is 30.9. The van der Waals surface area contributed by atoms with E-state index >= 15 is 0 Å². The Morgan fingerprint density at radius 3 is 2.57 bits per heavy atom. The molecule has 0 radical (unpaired) electrons. The van der Waals surface area contributed by atoms with Crippen LogP contribution < -0.4 is 11.2 Å². The van der Waals surface area contributed by atoms with E-state index in [2.05, 4.69) is 11.6 Å². The highest BCUT2D eigenvalue weighted by atomic mass is 16.2. The minimum Gasteiger partial charge on any atom is -0.321 e. The van der Waals surface area contributed by atoms with E-state index in [4.69, 9.17) is 0 Å². The van der Waals surface area contributed by atoms with Crippen molar-refractivity contribution in [2.24, 2.45) is 0 Å². The second-order valence-corrected chi connectivity index (χ2v) is 6.69. The molecule has 2 heterocycles. The number of aryl methyl sites for hydroxylation is 1. The molecular formula is C22H20N4O2. The molecule has 2 aromatic carbocycles. The molecule has 0 saturated heterocycles. The summed E-state index contributed by atoms with van der Waals surface area (Å²) in [5.74, 6) is 0. The fourth-order valence-electron chi connectivity index (χ4n) is 3.36. The number of hydrogen-bond acceptors (Lipinski definition) is 3. The molecule has 4 aromatic rings. The summed E-state index contributed by atoms with van der Waals surface area (Å²) in [6.45, 7) is 6.33. The Balaban J connectivity index is 2.06. The van der Waals surface area contributed by atoms with Gasteiger partial charge >= 0.3 is 5.69 Å². The molecule has 6 nitrogen and oxygen atoms in total. The lowest BCUT2D eigenvalue weighted by atomic mass is 10.2. The highest BCUT2D eigenvalue weighted by Gasteiger charge is 2.19. The van der Waals surface area contributed by atoms with Gasteiger partial charge in [0.15, 0.2) is 11.2 Å². The Hall–Kier alpha value is -3.67. The van der Waals surface area contributed by atoms with Crippen molar-refractivity contribution >= 4 is 11.2 Å². The fraction of sp³-hybridized carbons (Fsp3) is 0.136. The van der Waals surface area contributed by atoms with E-state index in [0.29, 0.717) is 23.4 Å². The molecule has 0 saturated carbocycles. The van der Waals surface area contributed by atoms with Crippen molar-refractivity contribution in [3.8, 4) is 5.69 Å². The van der Waals surface area contributed by atoms with Gasteiger partial charge in [-0.1, -0.05) is 48.5 Å². The Morgan fingerprint density at radius 2 is 1.86 bits per heavy atom. The molecule has 0 aliphatic heterocycles. The van der Waals surface area contributed by atoms with Gasteiger partial charge in [0, 0.05) is 6.54 Å². The summed E-state index contributed by atoms with van der Waals surface area (Å²) < 4.78 is 4.49. The topological polar surface area (TPSA) is 61.8 Å². The molecule has 28 heavy (non-hydrogen) atoms. The van der Waals surface area contributed by atoms with Crippen molar-refractivity contribution in [1.82, 2.24) is 18.7 Å². The Kier molecular flexibility index (Phi) is 4.53. The first-order chi connectivity index (χ1) is 13.6. The second kappa shape index (κ2) is 7.15. The second-order valence-electron chi connectivity index (χ2n) is 6.69. The third-order valence-electron chi connectivity index (χ3n) is 4.67. The van der Waals surface area contributed by atoms with Crippen molar-refractivity contribution in [2.45, 2.75) is 20.0 Å². The molecule has 2 aromatic heterocycles. The number of hydrogen-bond donors (Lipinski definition) is 0. The van der Waals surface area contributed by atoms with Gasteiger partial charge in [0.1, 0.15) is 0 Å². The van der Waals surface area contributed by atoms with Crippen molar-refractivity contribution in [1.29, 1.82) is 0 Å². The Labute approximate surface area is 161 Å². The normalized spacial score (nSPS) is 11.0. The monoisotopic (exact) mass is 372 g/mol. The van der Waals surface area contributed by atoms with Gasteiger partial charge in [0.05, 0.1) is 18.6 Å². The molecule has 0 unspecified atom stereocenters. The zero-order chi connectivity index (χ0) is 19.7. The number of benzene rings is 2. The highest BCUT2D eigenvalue weighted by Crippen LogP contribution is 2.15. The van der Waals surface area contributed by atoms with Crippen molar-refractivity contribution < 1.29 is 0 Å². The van der Waals surface area contributed by atoms with E-state index < -0.39 is 5.69 Å². The molecule has 0 aliphatic rings. The van der Waals surface area contributed by atoms with E-state index in [1.807, 2.05) is 61.5 Å². The average molecular weight is 372 g/mol. The standard InChI is InChI=1S/C22H20N4O2/c1-3-12-24-15-23-20-19(24)21(27)25(14-17-9-5-4-6-10-17)22(28)26(20)18-11-7-8-16(2)13-18/h3-11,13,15H,1,12,14H2,2H3. The van der Waals surface area contributed by atoms with Crippen LogP contribution >= 0.6 is 0 Å².